The molecule has 9 nitrogen and oxygen atoms in total. The van der Waals surface area contributed by atoms with Crippen molar-refractivity contribution in [1.29, 1.82) is 0 Å². The van der Waals surface area contributed by atoms with Crippen LogP contribution in [0.1, 0.15) is 0 Å². The first kappa shape index (κ1) is 20.6. The second kappa shape index (κ2) is 8.77. The number of nitrogens with zero attached hydrogens (tertiary/aromatic N) is 6. The van der Waals surface area contributed by atoms with Gasteiger partial charge in [-0.2, -0.15) is 5.10 Å². The number of ether oxygens (including phenoxy) is 1. The van der Waals surface area contributed by atoms with E-state index in [0.717, 1.165) is 59.8 Å². The maximum Gasteiger partial charge on any atom is 0.180 e. The third-order valence-corrected chi connectivity index (χ3v) is 6.06. The van der Waals surface area contributed by atoms with Gasteiger partial charge < -0.3 is 24.5 Å². The average molecular weight is 456 g/mol. The van der Waals surface area contributed by atoms with Gasteiger partial charge >= 0.3 is 0 Å². The first-order valence-corrected chi connectivity index (χ1v) is 11.4. The topological polar surface area (TPSA) is 92.7 Å². The van der Waals surface area contributed by atoms with E-state index in [0.29, 0.717) is 12.4 Å². The zero-order valence-electron chi connectivity index (χ0n) is 18.6. The molecule has 6 rings (SSSR count). The van der Waals surface area contributed by atoms with Crippen LogP contribution >= 0.6 is 0 Å². The summed E-state index contributed by atoms with van der Waals surface area (Å²) < 4.78 is 9.19. The maximum absolute atomic E-state index is 9.20. The number of nitrogens with one attached hydrogen (secondary N) is 1. The van der Waals surface area contributed by atoms with Crippen LogP contribution in [-0.2, 0) is 11.3 Å². The van der Waals surface area contributed by atoms with E-state index < -0.39 is 0 Å². The minimum absolute atomic E-state index is 0.0577. The number of imidazole rings is 1. The van der Waals surface area contributed by atoms with Crippen molar-refractivity contribution in [2.45, 2.75) is 6.54 Å². The summed E-state index contributed by atoms with van der Waals surface area (Å²) in [7, 11) is 0. The first-order chi connectivity index (χ1) is 16.8. The lowest BCUT2D eigenvalue weighted by Crippen LogP contribution is -2.36. The van der Waals surface area contributed by atoms with Gasteiger partial charge in [-0.25, -0.2) is 9.97 Å². The van der Waals surface area contributed by atoms with Crippen molar-refractivity contribution >= 4 is 33.7 Å². The molecule has 4 heterocycles. The van der Waals surface area contributed by atoms with Gasteiger partial charge in [0.25, 0.3) is 0 Å². The number of benzene rings is 2. The average Bonchev–Trinajstić information content (AvgIpc) is 3.51. The van der Waals surface area contributed by atoms with Crippen molar-refractivity contribution in [2.75, 3.05) is 43.1 Å². The highest BCUT2D eigenvalue weighted by atomic mass is 16.5. The molecule has 2 aromatic carbocycles. The molecule has 0 radical (unpaired) electrons. The Morgan fingerprint density at radius 1 is 1.03 bits per heavy atom. The van der Waals surface area contributed by atoms with Crippen LogP contribution in [0.3, 0.4) is 0 Å². The van der Waals surface area contributed by atoms with Gasteiger partial charge in [0.2, 0.25) is 0 Å². The second-order valence-corrected chi connectivity index (χ2v) is 8.29. The quantitative estimate of drug-likeness (QED) is 0.406. The number of morpholine rings is 1. The molecule has 0 spiro atoms. The summed E-state index contributed by atoms with van der Waals surface area (Å²) in [5.41, 5.74) is 5.54. The van der Waals surface area contributed by atoms with Crippen LogP contribution < -0.4 is 10.2 Å². The van der Waals surface area contributed by atoms with Crippen LogP contribution in [0.2, 0.25) is 0 Å². The molecule has 0 amide bonds. The largest absolute Gasteiger partial charge is 0.394 e. The van der Waals surface area contributed by atoms with Gasteiger partial charge in [-0.3, -0.25) is 4.68 Å². The lowest BCUT2D eigenvalue weighted by Gasteiger charge is -2.28. The summed E-state index contributed by atoms with van der Waals surface area (Å²) in [4.78, 5) is 11.7. The molecule has 2 N–H and O–H groups in total. The van der Waals surface area contributed by atoms with Crippen molar-refractivity contribution < 1.29 is 9.84 Å². The molecule has 1 fully saturated rings. The van der Waals surface area contributed by atoms with Crippen molar-refractivity contribution in [3.63, 3.8) is 0 Å². The Balaban J connectivity index is 1.31. The van der Waals surface area contributed by atoms with E-state index in [1.165, 1.54) is 5.69 Å². The van der Waals surface area contributed by atoms with Gasteiger partial charge in [-0.1, -0.05) is 12.1 Å². The monoisotopic (exact) mass is 455 g/mol. The molecule has 0 atom stereocenters. The zero-order chi connectivity index (χ0) is 22.9. The van der Waals surface area contributed by atoms with Gasteiger partial charge in [0.15, 0.2) is 11.5 Å². The molecule has 3 aromatic heterocycles. The van der Waals surface area contributed by atoms with E-state index in [1.54, 1.807) is 10.9 Å². The molecular weight excluding hydrogens is 430 g/mol. The molecule has 1 aliphatic heterocycles. The van der Waals surface area contributed by atoms with Crippen molar-refractivity contribution in [1.82, 2.24) is 24.1 Å². The fraction of sp³-hybridized carbons (Fsp3) is 0.240. The number of hydrogen-bond donors (Lipinski definition) is 2. The van der Waals surface area contributed by atoms with Crippen molar-refractivity contribution in [3.05, 3.63) is 67.3 Å². The number of anilines is 3. The van der Waals surface area contributed by atoms with Crippen LogP contribution in [0.15, 0.2) is 67.3 Å². The fourth-order valence-corrected chi connectivity index (χ4v) is 4.31. The van der Waals surface area contributed by atoms with E-state index in [4.69, 9.17) is 9.72 Å². The first-order valence-electron chi connectivity index (χ1n) is 11.4. The maximum atomic E-state index is 9.20. The highest BCUT2D eigenvalue weighted by Gasteiger charge is 2.13. The van der Waals surface area contributed by atoms with Gasteiger partial charge in [0.1, 0.15) is 0 Å². The van der Waals surface area contributed by atoms with Crippen molar-refractivity contribution in [2.24, 2.45) is 0 Å². The van der Waals surface area contributed by atoms with Crippen LogP contribution in [0, 0.1) is 0 Å². The van der Waals surface area contributed by atoms with Gasteiger partial charge in [-0.05, 0) is 30.3 Å². The summed E-state index contributed by atoms with van der Waals surface area (Å²) in [5, 5.41) is 18.2. The van der Waals surface area contributed by atoms with E-state index in [-0.39, 0.29) is 6.61 Å². The smallest absolute Gasteiger partial charge is 0.180 e. The van der Waals surface area contributed by atoms with Crippen LogP contribution in [0.4, 0.5) is 17.2 Å². The summed E-state index contributed by atoms with van der Waals surface area (Å²) in [6.07, 6.45) is 7.60. The van der Waals surface area contributed by atoms with Gasteiger partial charge in [0, 0.05) is 60.2 Å². The minimum Gasteiger partial charge on any atom is -0.394 e. The Morgan fingerprint density at radius 3 is 2.71 bits per heavy atom. The van der Waals surface area contributed by atoms with Crippen molar-refractivity contribution in [3.8, 4) is 11.3 Å². The number of aliphatic hydroxyl groups is 1. The molecule has 0 saturated carbocycles. The Hall–Kier alpha value is -3.95. The number of fused-ring (bicyclic) bond motifs is 2. The SMILES string of the molecule is OCCn1cc2ccc(-c3cn4ccnc4c(Nc4ccc(N5CCOCC5)cc4)n3)cc2n1. The second-order valence-electron chi connectivity index (χ2n) is 8.29. The number of rotatable bonds is 6. The standard InChI is InChI=1S/C25H25N7O2/c33-12-9-32-16-19-2-1-18(15-22(19)29-32)23-17-31-8-7-26-25(31)24(28-23)27-20-3-5-21(6-4-20)30-10-13-34-14-11-30/h1-8,15-17,33H,9-14H2,(H,27,28). The minimum atomic E-state index is 0.0577. The molecule has 0 aliphatic carbocycles. The Morgan fingerprint density at radius 2 is 1.88 bits per heavy atom. The fourth-order valence-electron chi connectivity index (χ4n) is 4.31. The van der Waals surface area contributed by atoms with E-state index >= 15 is 0 Å². The zero-order valence-corrected chi connectivity index (χ0v) is 18.6. The molecule has 172 valence electrons. The molecule has 0 unspecified atom stereocenters. The molecule has 1 saturated heterocycles. The Labute approximate surface area is 196 Å². The molecule has 1 aliphatic rings. The summed E-state index contributed by atoms with van der Waals surface area (Å²) in [5.74, 6) is 0.688. The van der Waals surface area contributed by atoms with E-state index in [9.17, 15) is 5.11 Å². The van der Waals surface area contributed by atoms with Crippen LogP contribution in [0.5, 0.6) is 0 Å². The summed E-state index contributed by atoms with van der Waals surface area (Å²) >= 11 is 0. The van der Waals surface area contributed by atoms with E-state index in [1.807, 2.05) is 41.2 Å². The summed E-state index contributed by atoms with van der Waals surface area (Å²) in [6.45, 7) is 3.88. The predicted octanol–water partition coefficient (Wildman–Crippen LogP) is 3.32. The Bertz CT molecular complexity index is 1440. The normalized spacial score (nSPS) is 14.2. The molecule has 9 heteroatoms. The van der Waals surface area contributed by atoms with Gasteiger partial charge in [0.05, 0.1) is 37.6 Å². The Kier molecular flexibility index (Phi) is 5.32. The molecular formula is C25H25N7O2. The third-order valence-electron chi connectivity index (χ3n) is 6.06. The van der Waals surface area contributed by atoms with Crippen LogP contribution in [0.25, 0.3) is 27.8 Å². The van der Waals surface area contributed by atoms with E-state index in [2.05, 4.69) is 44.6 Å². The number of aliphatic hydroxyl groups excluding tert-OH is 1. The molecule has 5 aromatic rings. The molecule has 34 heavy (non-hydrogen) atoms. The van der Waals surface area contributed by atoms with Gasteiger partial charge in [-0.15, -0.1) is 0 Å². The number of hydrogen-bond acceptors (Lipinski definition) is 7. The number of aromatic nitrogens is 5. The third kappa shape index (κ3) is 3.95. The van der Waals surface area contributed by atoms with Crippen LogP contribution in [-0.4, -0.2) is 62.2 Å². The lowest BCUT2D eigenvalue weighted by molar-refractivity contribution is 0.122. The molecule has 0 bridgehead atoms. The summed E-state index contributed by atoms with van der Waals surface area (Å²) in [6, 6.07) is 14.5. The highest BCUT2D eigenvalue weighted by molar-refractivity contribution is 5.84. The lowest BCUT2D eigenvalue weighted by atomic mass is 10.1. The predicted molar refractivity (Wildman–Crippen MR) is 132 cm³/mol. The highest BCUT2D eigenvalue weighted by Crippen LogP contribution is 2.28.